The number of hydrogen-bond donors (Lipinski definition) is 0. The highest BCUT2D eigenvalue weighted by atomic mass is 79.9. The van der Waals surface area contributed by atoms with Gasteiger partial charge in [-0.25, -0.2) is 0 Å². The van der Waals surface area contributed by atoms with Crippen molar-refractivity contribution in [3.8, 4) is 0 Å². The molecule has 0 unspecified atom stereocenters. The number of halogens is 1. The zero-order valence-corrected chi connectivity index (χ0v) is 11.1. The maximum atomic E-state index is 11.1. The second-order valence-corrected chi connectivity index (χ2v) is 5.79. The maximum absolute atomic E-state index is 11.1. The molecule has 1 saturated carbocycles. The van der Waals surface area contributed by atoms with Crippen LogP contribution in [-0.2, 0) is 4.79 Å². The monoisotopic (exact) mass is 287 g/mol. The van der Waals surface area contributed by atoms with Gasteiger partial charge < -0.3 is 4.90 Å². The van der Waals surface area contributed by atoms with Crippen LogP contribution in [0.3, 0.4) is 0 Å². The van der Waals surface area contributed by atoms with Crippen molar-refractivity contribution >= 4 is 38.1 Å². The lowest BCUT2D eigenvalue weighted by atomic mass is 9.93. The zero-order chi connectivity index (χ0) is 10.8. The van der Waals surface area contributed by atoms with Crippen LogP contribution >= 0.6 is 27.3 Å². The number of carbonyl (C=O) groups excluding carboxylic acids is 1. The molecule has 15 heavy (non-hydrogen) atoms. The minimum atomic E-state index is 0.423. The number of carbonyl (C=O) groups is 1. The molecule has 0 N–H and O–H groups in total. The van der Waals surface area contributed by atoms with Gasteiger partial charge in [0.2, 0.25) is 0 Å². The molecular formula is C11H14BrNOS. The van der Waals surface area contributed by atoms with E-state index in [-0.39, 0.29) is 0 Å². The second-order valence-electron chi connectivity index (χ2n) is 3.98. The van der Waals surface area contributed by atoms with Gasteiger partial charge in [-0.05, 0) is 34.8 Å². The summed E-state index contributed by atoms with van der Waals surface area (Å²) in [5, 5.41) is 3.38. The van der Waals surface area contributed by atoms with Crippen LogP contribution in [0.4, 0.5) is 5.00 Å². The molecule has 0 bridgehead atoms. The van der Waals surface area contributed by atoms with Crippen LogP contribution in [0.15, 0.2) is 15.9 Å². The summed E-state index contributed by atoms with van der Waals surface area (Å²) in [4.78, 5) is 13.5. The Hall–Kier alpha value is -0.350. The van der Waals surface area contributed by atoms with E-state index in [0.29, 0.717) is 11.8 Å². The molecule has 1 fully saturated rings. The third-order valence-corrected chi connectivity index (χ3v) is 4.74. The molecule has 1 aliphatic rings. The van der Waals surface area contributed by atoms with Crippen molar-refractivity contribution in [2.45, 2.75) is 31.7 Å². The van der Waals surface area contributed by atoms with E-state index in [9.17, 15) is 4.79 Å². The molecule has 0 spiro atoms. The summed E-state index contributed by atoms with van der Waals surface area (Å²) in [6.45, 7) is 0. The first kappa shape index (κ1) is 11.1. The molecule has 2 nitrogen and oxygen atoms in total. The summed E-state index contributed by atoms with van der Waals surface area (Å²) < 4.78 is 1.14. The van der Waals surface area contributed by atoms with E-state index in [1.165, 1.54) is 5.00 Å². The van der Waals surface area contributed by atoms with Crippen molar-refractivity contribution in [2.24, 2.45) is 0 Å². The van der Waals surface area contributed by atoms with Crippen LogP contribution in [0.5, 0.6) is 0 Å². The van der Waals surface area contributed by atoms with Gasteiger partial charge in [-0.15, -0.1) is 11.3 Å². The third-order valence-electron chi connectivity index (χ3n) is 2.96. The van der Waals surface area contributed by atoms with E-state index in [0.717, 1.165) is 30.2 Å². The number of hydrogen-bond acceptors (Lipinski definition) is 3. The standard InChI is InChI=1S/C11H14BrNOS/c1-13(11-6-8(12)7-15-11)9-2-4-10(14)5-3-9/h6-7,9H,2-5H2,1H3. The molecule has 1 aromatic heterocycles. The Kier molecular flexibility index (Phi) is 3.46. The second kappa shape index (κ2) is 4.66. The Labute approximate surface area is 102 Å². The van der Waals surface area contributed by atoms with Crippen LogP contribution in [0, 0.1) is 0 Å². The number of thiophene rings is 1. The lowest BCUT2D eigenvalue weighted by molar-refractivity contribution is -0.120. The van der Waals surface area contributed by atoms with Gasteiger partial charge in [0.1, 0.15) is 5.78 Å². The molecule has 2 rings (SSSR count). The summed E-state index contributed by atoms with van der Waals surface area (Å²) in [5.41, 5.74) is 0. The Morgan fingerprint density at radius 2 is 2.13 bits per heavy atom. The molecular weight excluding hydrogens is 274 g/mol. The molecule has 1 aliphatic carbocycles. The summed E-state index contributed by atoms with van der Waals surface area (Å²) in [6.07, 6.45) is 3.51. The summed E-state index contributed by atoms with van der Waals surface area (Å²) in [7, 11) is 2.12. The molecule has 4 heteroatoms. The van der Waals surface area contributed by atoms with E-state index in [1.54, 1.807) is 11.3 Å². The number of ketones is 1. The molecule has 0 radical (unpaired) electrons. The fourth-order valence-corrected chi connectivity index (χ4v) is 3.44. The first-order valence-corrected chi connectivity index (χ1v) is 6.82. The average Bonchev–Trinajstić information content (AvgIpc) is 2.65. The lowest BCUT2D eigenvalue weighted by Gasteiger charge is -2.31. The largest absolute Gasteiger partial charge is 0.363 e. The first-order valence-electron chi connectivity index (χ1n) is 5.15. The molecule has 0 saturated heterocycles. The fraction of sp³-hybridized carbons (Fsp3) is 0.545. The van der Waals surface area contributed by atoms with Gasteiger partial charge in [0.05, 0.1) is 5.00 Å². The van der Waals surface area contributed by atoms with Crippen molar-refractivity contribution < 1.29 is 4.79 Å². The van der Waals surface area contributed by atoms with Crippen LogP contribution in [-0.4, -0.2) is 18.9 Å². The number of nitrogens with zero attached hydrogens (tertiary/aromatic N) is 1. The van der Waals surface area contributed by atoms with Gasteiger partial charge in [0.25, 0.3) is 0 Å². The average molecular weight is 288 g/mol. The van der Waals surface area contributed by atoms with Crippen molar-refractivity contribution in [3.05, 3.63) is 15.9 Å². The molecule has 82 valence electrons. The highest BCUT2D eigenvalue weighted by Gasteiger charge is 2.22. The minimum absolute atomic E-state index is 0.423. The van der Waals surface area contributed by atoms with E-state index in [4.69, 9.17) is 0 Å². The highest BCUT2D eigenvalue weighted by Crippen LogP contribution is 2.31. The Morgan fingerprint density at radius 1 is 1.47 bits per heavy atom. The lowest BCUT2D eigenvalue weighted by Crippen LogP contribution is -2.34. The Morgan fingerprint density at radius 3 is 2.67 bits per heavy atom. The smallest absolute Gasteiger partial charge is 0.133 e. The quantitative estimate of drug-likeness (QED) is 0.830. The van der Waals surface area contributed by atoms with Gasteiger partial charge >= 0.3 is 0 Å². The van der Waals surface area contributed by atoms with Crippen molar-refractivity contribution in [3.63, 3.8) is 0 Å². The van der Waals surface area contributed by atoms with Gasteiger partial charge in [-0.1, -0.05) is 0 Å². The number of Topliss-reactive ketones (excluding diaryl/α,β-unsaturated/α-hetero) is 1. The van der Waals surface area contributed by atoms with Gasteiger partial charge in [-0.3, -0.25) is 4.79 Å². The van der Waals surface area contributed by atoms with Gasteiger partial charge in [0.15, 0.2) is 0 Å². The molecule has 1 heterocycles. The minimum Gasteiger partial charge on any atom is -0.363 e. The normalized spacial score (nSPS) is 18.1. The molecule has 0 aromatic carbocycles. The van der Waals surface area contributed by atoms with E-state index in [1.807, 2.05) is 0 Å². The predicted octanol–water partition coefficient (Wildman–Crippen LogP) is 3.46. The molecule has 1 aromatic rings. The fourth-order valence-electron chi connectivity index (χ4n) is 1.98. The maximum Gasteiger partial charge on any atom is 0.133 e. The number of anilines is 1. The Bertz CT molecular complexity index is 353. The topological polar surface area (TPSA) is 20.3 Å². The van der Waals surface area contributed by atoms with Crippen LogP contribution in [0.1, 0.15) is 25.7 Å². The summed E-state index contributed by atoms with van der Waals surface area (Å²) >= 11 is 5.21. The summed E-state index contributed by atoms with van der Waals surface area (Å²) in [6, 6.07) is 2.68. The van der Waals surface area contributed by atoms with Crippen LogP contribution in [0.25, 0.3) is 0 Å². The van der Waals surface area contributed by atoms with E-state index < -0.39 is 0 Å². The van der Waals surface area contributed by atoms with Crippen molar-refractivity contribution in [1.29, 1.82) is 0 Å². The molecule has 0 amide bonds. The van der Waals surface area contributed by atoms with Crippen LogP contribution in [0.2, 0.25) is 0 Å². The van der Waals surface area contributed by atoms with E-state index in [2.05, 4.69) is 39.3 Å². The van der Waals surface area contributed by atoms with E-state index >= 15 is 0 Å². The number of rotatable bonds is 2. The van der Waals surface area contributed by atoms with Gasteiger partial charge in [0, 0.05) is 35.8 Å². The third kappa shape index (κ3) is 2.61. The van der Waals surface area contributed by atoms with Crippen molar-refractivity contribution in [2.75, 3.05) is 11.9 Å². The SMILES string of the molecule is CN(c1cc(Br)cs1)C1CCC(=O)CC1. The first-order chi connectivity index (χ1) is 7.16. The zero-order valence-electron chi connectivity index (χ0n) is 8.70. The molecule has 0 aliphatic heterocycles. The molecule has 0 atom stereocenters. The summed E-state index contributed by atoms with van der Waals surface area (Å²) in [5.74, 6) is 0.423. The highest BCUT2D eigenvalue weighted by molar-refractivity contribution is 9.10. The van der Waals surface area contributed by atoms with Gasteiger partial charge in [-0.2, -0.15) is 0 Å². The predicted molar refractivity (Wildman–Crippen MR) is 67.7 cm³/mol. The Balaban J connectivity index is 2.02. The van der Waals surface area contributed by atoms with Crippen molar-refractivity contribution in [1.82, 2.24) is 0 Å². The van der Waals surface area contributed by atoms with Crippen LogP contribution < -0.4 is 4.90 Å².